The Kier molecular flexibility index (Phi) is 6.58. The monoisotopic (exact) mass is 371 g/mol. The highest BCUT2D eigenvalue weighted by Crippen LogP contribution is 2.32. The second-order valence-electron chi connectivity index (χ2n) is 6.64. The van der Waals surface area contributed by atoms with Crippen LogP contribution >= 0.6 is 0 Å². The van der Waals surface area contributed by atoms with E-state index in [1.165, 1.54) is 7.11 Å². The third kappa shape index (κ3) is 4.54. The smallest absolute Gasteiger partial charge is 0.313 e. The van der Waals surface area contributed by atoms with Gasteiger partial charge in [-0.2, -0.15) is 0 Å². The van der Waals surface area contributed by atoms with Crippen LogP contribution in [0.4, 0.5) is 0 Å². The van der Waals surface area contributed by atoms with E-state index in [0.29, 0.717) is 0 Å². The molecule has 0 aliphatic heterocycles. The molecule has 144 valence electrons. The fourth-order valence-corrected chi connectivity index (χ4v) is 3.42. The van der Waals surface area contributed by atoms with Crippen LogP contribution in [0.25, 0.3) is 0 Å². The van der Waals surface area contributed by atoms with Gasteiger partial charge in [-0.1, -0.05) is 60.7 Å². The van der Waals surface area contributed by atoms with Gasteiger partial charge in [0, 0.05) is 6.04 Å². The number of ether oxygens (including phenoxy) is 3. The third-order valence-corrected chi connectivity index (χ3v) is 4.87. The summed E-state index contributed by atoms with van der Waals surface area (Å²) in [4.78, 5) is 12.3. The predicted octanol–water partition coefficient (Wildman–Crippen LogP) is 1.65. The number of aliphatic hydroxyl groups is 1. The molecule has 3 rings (SSSR count). The number of carbonyl (C=O) groups excluding carboxylic acids is 1. The first-order valence-corrected chi connectivity index (χ1v) is 8.94. The Morgan fingerprint density at radius 1 is 0.926 bits per heavy atom. The molecule has 0 spiro atoms. The normalized spacial score (nSPS) is 27.4. The van der Waals surface area contributed by atoms with E-state index >= 15 is 0 Å². The molecule has 2 aromatic rings. The lowest BCUT2D eigenvalue weighted by atomic mass is 10.0. The average molecular weight is 371 g/mol. The summed E-state index contributed by atoms with van der Waals surface area (Å²) in [7, 11) is 1.30. The molecule has 0 heterocycles. The van der Waals surface area contributed by atoms with Crippen LogP contribution in [0.3, 0.4) is 0 Å². The number of benzene rings is 2. The summed E-state index contributed by atoms with van der Waals surface area (Å²) in [5.74, 6) is -1.31. The first kappa shape index (κ1) is 19.5. The molecule has 0 aromatic heterocycles. The minimum absolute atomic E-state index is 0.258. The molecule has 0 amide bonds. The second kappa shape index (κ2) is 9.10. The highest BCUT2D eigenvalue weighted by Gasteiger charge is 2.53. The minimum Gasteiger partial charge on any atom is -0.469 e. The van der Waals surface area contributed by atoms with E-state index in [4.69, 9.17) is 19.9 Å². The van der Waals surface area contributed by atoms with E-state index in [2.05, 4.69) is 0 Å². The van der Waals surface area contributed by atoms with Gasteiger partial charge in [-0.05, 0) is 11.1 Å². The van der Waals surface area contributed by atoms with Crippen LogP contribution in [-0.2, 0) is 32.2 Å². The van der Waals surface area contributed by atoms with Crippen LogP contribution in [0.1, 0.15) is 11.1 Å². The Morgan fingerprint density at radius 3 is 1.89 bits per heavy atom. The molecule has 1 aliphatic carbocycles. The molecule has 0 bridgehead atoms. The third-order valence-electron chi connectivity index (χ3n) is 4.87. The first-order chi connectivity index (χ1) is 13.1. The fourth-order valence-electron chi connectivity index (χ4n) is 3.42. The Hall–Kier alpha value is -2.25. The van der Waals surface area contributed by atoms with Gasteiger partial charge in [-0.3, -0.25) is 4.79 Å². The van der Waals surface area contributed by atoms with Crippen molar-refractivity contribution in [1.82, 2.24) is 0 Å². The van der Waals surface area contributed by atoms with E-state index in [-0.39, 0.29) is 13.2 Å². The lowest BCUT2D eigenvalue weighted by Gasteiger charge is -2.22. The molecular weight excluding hydrogens is 346 g/mol. The summed E-state index contributed by atoms with van der Waals surface area (Å²) in [5.41, 5.74) is 8.15. The van der Waals surface area contributed by atoms with Crippen molar-refractivity contribution in [3.63, 3.8) is 0 Å². The van der Waals surface area contributed by atoms with E-state index in [1.54, 1.807) is 0 Å². The quantitative estimate of drug-likeness (QED) is 0.719. The van der Waals surface area contributed by atoms with Gasteiger partial charge in [-0.25, -0.2) is 0 Å². The van der Waals surface area contributed by atoms with E-state index < -0.39 is 36.2 Å². The summed E-state index contributed by atoms with van der Waals surface area (Å²) in [6, 6.07) is 18.4. The highest BCUT2D eigenvalue weighted by atomic mass is 16.5. The number of carbonyl (C=O) groups is 1. The van der Waals surface area contributed by atoms with Crippen LogP contribution in [0.2, 0.25) is 0 Å². The zero-order chi connectivity index (χ0) is 19.2. The maximum atomic E-state index is 12.3. The maximum absolute atomic E-state index is 12.3. The molecule has 0 saturated heterocycles. The number of esters is 1. The minimum atomic E-state index is -1.03. The number of aliphatic hydroxyl groups excluding tert-OH is 1. The summed E-state index contributed by atoms with van der Waals surface area (Å²) in [6.07, 6.45) is -2.56. The van der Waals surface area contributed by atoms with E-state index in [0.717, 1.165) is 11.1 Å². The van der Waals surface area contributed by atoms with Gasteiger partial charge in [-0.15, -0.1) is 0 Å². The molecule has 6 nitrogen and oxygen atoms in total. The lowest BCUT2D eigenvalue weighted by molar-refractivity contribution is -0.153. The molecular formula is C21H25NO5. The average Bonchev–Trinajstić information content (AvgIpc) is 2.95. The first-order valence-electron chi connectivity index (χ1n) is 8.94. The molecule has 0 unspecified atom stereocenters. The van der Waals surface area contributed by atoms with Crippen molar-refractivity contribution in [2.45, 2.75) is 37.6 Å². The van der Waals surface area contributed by atoms with Gasteiger partial charge < -0.3 is 25.1 Å². The zero-order valence-corrected chi connectivity index (χ0v) is 15.2. The van der Waals surface area contributed by atoms with Crippen molar-refractivity contribution in [3.05, 3.63) is 71.8 Å². The van der Waals surface area contributed by atoms with Gasteiger partial charge >= 0.3 is 5.97 Å². The SMILES string of the molecule is COC(=O)[C@H]1[C@H](N)[C@@H](OCc2ccccc2)[C@@H](O)[C@@H]1OCc1ccccc1. The number of rotatable bonds is 7. The van der Waals surface area contributed by atoms with Crippen molar-refractivity contribution < 1.29 is 24.1 Å². The summed E-state index contributed by atoms with van der Waals surface area (Å²) < 4.78 is 16.6. The molecule has 1 saturated carbocycles. The number of hydrogen-bond acceptors (Lipinski definition) is 6. The van der Waals surface area contributed by atoms with Crippen LogP contribution in [-0.4, -0.2) is 42.5 Å². The molecule has 0 radical (unpaired) electrons. The van der Waals surface area contributed by atoms with Crippen LogP contribution < -0.4 is 5.73 Å². The molecule has 1 aliphatic rings. The van der Waals surface area contributed by atoms with Gasteiger partial charge in [0.25, 0.3) is 0 Å². The molecule has 2 aromatic carbocycles. The predicted molar refractivity (Wildman–Crippen MR) is 99.5 cm³/mol. The van der Waals surface area contributed by atoms with E-state index in [1.807, 2.05) is 60.7 Å². The Labute approximate surface area is 158 Å². The fraction of sp³-hybridized carbons (Fsp3) is 0.381. The Balaban J connectivity index is 1.71. The van der Waals surface area contributed by atoms with E-state index in [9.17, 15) is 9.90 Å². The second-order valence-corrected chi connectivity index (χ2v) is 6.64. The largest absolute Gasteiger partial charge is 0.469 e. The summed E-state index contributed by atoms with van der Waals surface area (Å²) >= 11 is 0. The highest BCUT2D eigenvalue weighted by molar-refractivity contribution is 5.75. The van der Waals surface area contributed by atoms with Gasteiger partial charge in [0.15, 0.2) is 0 Å². The van der Waals surface area contributed by atoms with Gasteiger partial charge in [0.2, 0.25) is 0 Å². The van der Waals surface area contributed by atoms with Crippen molar-refractivity contribution in [2.75, 3.05) is 7.11 Å². The Morgan fingerprint density at radius 2 is 1.41 bits per heavy atom. The molecule has 6 heteroatoms. The zero-order valence-electron chi connectivity index (χ0n) is 15.2. The maximum Gasteiger partial charge on any atom is 0.313 e. The van der Waals surface area contributed by atoms with Crippen LogP contribution in [0.5, 0.6) is 0 Å². The summed E-state index contributed by atoms with van der Waals surface area (Å²) in [6.45, 7) is 0.545. The molecule has 1 fully saturated rings. The van der Waals surface area contributed by atoms with Gasteiger partial charge in [0.1, 0.15) is 24.2 Å². The van der Waals surface area contributed by atoms with Crippen molar-refractivity contribution >= 4 is 5.97 Å². The lowest BCUT2D eigenvalue weighted by Crippen LogP contribution is -2.42. The molecule has 5 atom stereocenters. The Bertz CT molecular complexity index is 724. The number of methoxy groups -OCH3 is 1. The molecule has 3 N–H and O–H groups in total. The summed E-state index contributed by atoms with van der Waals surface area (Å²) in [5, 5.41) is 10.8. The van der Waals surface area contributed by atoms with Crippen molar-refractivity contribution in [3.8, 4) is 0 Å². The standard InChI is InChI=1S/C21H25NO5/c1-25-21(24)16-17(22)20(27-13-15-10-6-3-7-11-15)18(23)19(16)26-12-14-8-4-2-5-9-14/h2-11,16-20,23H,12-13,22H2,1H3/t16-,17-,18-,19+,20+/m0/s1. The topological polar surface area (TPSA) is 91.0 Å². The van der Waals surface area contributed by atoms with Crippen molar-refractivity contribution in [2.24, 2.45) is 11.7 Å². The number of nitrogens with two attached hydrogens (primary N) is 1. The molecule has 27 heavy (non-hydrogen) atoms. The van der Waals surface area contributed by atoms with Crippen LogP contribution in [0, 0.1) is 5.92 Å². The van der Waals surface area contributed by atoms with Crippen molar-refractivity contribution in [1.29, 1.82) is 0 Å². The number of hydrogen-bond donors (Lipinski definition) is 2. The van der Waals surface area contributed by atoms with Crippen LogP contribution in [0.15, 0.2) is 60.7 Å². The van der Waals surface area contributed by atoms with Gasteiger partial charge in [0.05, 0.1) is 20.3 Å².